The molecule has 0 aromatic carbocycles. The van der Waals surface area contributed by atoms with Gasteiger partial charge in [0.2, 0.25) is 23.6 Å². The Morgan fingerprint density at radius 2 is 1.08 bits per heavy atom. The SMILES string of the molecule is CCCCCCCCCCCCCCCCCCNCCO[C@H](COP(=O)(O)O[C@H]1O[C@H](C(N)=O)[C@@](C)(O)[C@H](OC(N)=O)[C@H]1O[C@@H]1O[C@H](CO[C@@H]2O[C@H](CO)[C@@H](O)[C@H](O)[C@H]2O)[C@@H](O[C@@H]2O[C@H](C)[C@@H](O[C@@H]3O[C@H](C(N)=O)[C@H](O)[C@H](O)[C@H]3O)[C@H](O)[C@H]2NC(C)=O)[C@H](O)[C@H]1NC(C)=O)C(=O)O. The molecule has 0 aromatic heterocycles. The van der Waals surface area contributed by atoms with Gasteiger partial charge in [-0.15, -0.1) is 0 Å². The highest BCUT2D eigenvalue weighted by Gasteiger charge is 2.62. The maximum Gasteiger partial charge on any atom is 0.474 e. The third-order valence-corrected chi connectivity index (χ3v) is 18.3. The zero-order valence-electron chi connectivity index (χ0n) is 55.7. The molecule has 27 atom stereocenters. The Morgan fingerprint density at radius 1 is 0.582 bits per heavy atom. The van der Waals surface area contributed by atoms with Gasteiger partial charge in [0.1, 0.15) is 90.9 Å². The summed E-state index contributed by atoms with van der Waals surface area (Å²) in [4.78, 5) is 87.3. The van der Waals surface area contributed by atoms with Gasteiger partial charge >= 0.3 is 19.9 Å². The molecule has 5 aliphatic rings. The van der Waals surface area contributed by atoms with E-state index in [4.69, 9.17) is 78.4 Å². The second-order valence-electron chi connectivity index (χ2n) is 25.3. The summed E-state index contributed by atoms with van der Waals surface area (Å²) in [5.74, 6) is -6.34. The van der Waals surface area contributed by atoms with Crippen molar-refractivity contribution in [1.29, 1.82) is 0 Å². The van der Waals surface area contributed by atoms with E-state index >= 15 is 0 Å². The number of carboxylic acids is 1. The Balaban J connectivity index is 1.35. The first-order chi connectivity index (χ1) is 46.3. The van der Waals surface area contributed by atoms with E-state index in [-0.39, 0.29) is 13.2 Å². The van der Waals surface area contributed by atoms with E-state index in [2.05, 4.69) is 22.9 Å². The van der Waals surface area contributed by atoms with Crippen LogP contribution in [-0.2, 0) is 89.7 Å². The van der Waals surface area contributed by atoms with Crippen molar-refractivity contribution in [1.82, 2.24) is 16.0 Å². The van der Waals surface area contributed by atoms with Crippen LogP contribution in [0.15, 0.2) is 0 Å². The second-order valence-corrected chi connectivity index (χ2v) is 26.7. The number of carbonyl (C=O) groups excluding carboxylic acids is 5. The molecule has 5 saturated heterocycles. The van der Waals surface area contributed by atoms with Crippen LogP contribution in [0, 0.1) is 0 Å². The molecule has 5 amide bonds. The van der Waals surface area contributed by atoms with Gasteiger partial charge < -0.3 is 146 Å². The Kier molecular flexibility index (Phi) is 35.1. The van der Waals surface area contributed by atoms with Gasteiger partial charge in [0, 0.05) is 20.4 Å². The molecule has 0 bridgehead atoms. The minimum absolute atomic E-state index is 0.168. The maximum absolute atomic E-state index is 13.9. The monoisotopic (exact) mass is 1440 g/mol. The zero-order chi connectivity index (χ0) is 72.8. The Bertz CT molecular complexity index is 2520. The average molecular weight is 1440 g/mol. The minimum Gasteiger partial charge on any atom is -0.479 e. The number of carboxylic acid groups (broad SMARTS) is 1. The fourth-order valence-corrected chi connectivity index (χ4v) is 12.9. The van der Waals surface area contributed by atoms with Crippen molar-refractivity contribution in [2.75, 3.05) is 39.5 Å². The van der Waals surface area contributed by atoms with Gasteiger partial charge in [0.05, 0.1) is 32.5 Å². The average Bonchev–Trinajstić information content (AvgIpc) is 0.748. The van der Waals surface area contributed by atoms with E-state index in [1.165, 1.54) is 84.0 Å². The minimum atomic E-state index is -5.78. The standard InChI is InChI=1S/C59H105N6O32P/c1-6-7-8-9-10-11-12-13-14-15-16-17-18-19-20-21-22-63-23-24-85-33(52(79)80)27-87-98(83,84)97-57-47(48(96-58(62)81)59(5,82)49(95-57)51(61)78)94-54-35(65-30(4)68)38(71)45(32(90-54)26-86-55-42(75)39(72)36(69)31(25-66)89-55)92-53-34(64-29(3)67)37(70)44(28(2)88-53)91-56-43(76)40(73)41(74)46(93-56)50(60)77/h28,31-49,53-57,63,66,69-76,82H,6-27H2,1-5H3,(H2,60,77)(H2,61,78)(H2,62,81)(H,64,67)(H,65,68)(H,79,80)(H,83,84)/t28-,31-,32-,33-,34-,35-,36-,37-,38-,39+,40+,41-,42-,43-,44-,45-,46+,47-,48-,49-,53+,54+,55-,56-,57-,59+/m1/s1. The molecule has 39 heteroatoms. The van der Waals surface area contributed by atoms with Gasteiger partial charge in [-0.05, 0) is 26.8 Å². The largest absolute Gasteiger partial charge is 0.479 e. The molecule has 5 heterocycles. The number of hydrogen-bond acceptors (Lipinski definition) is 31. The van der Waals surface area contributed by atoms with Crippen LogP contribution in [-0.4, -0.2) is 295 Å². The summed E-state index contributed by atoms with van der Waals surface area (Å²) < 4.78 is 88.0. The predicted molar refractivity (Wildman–Crippen MR) is 330 cm³/mol. The number of unbranched alkanes of at least 4 members (excludes halogenated alkanes) is 15. The van der Waals surface area contributed by atoms with E-state index < -0.39 is 222 Å². The molecule has 0 aromatic rings. The van der Waals surface area contributed by atoms with Gasteiger partial charge in [-0.1, -0.05) is 103 Å². The van der Waals surface area contributed by atoms with Crippen molar-refractivity contribution < 1.29 is 156 Å². The quantitative estimate of drug-likeness (QED) is 0.0202. The molecule has 568 valence electrons. The number of rotatable bonds is 42. The molecule has 5 fully saturated rings. The zero-order valence-corrected chi connectivity index (χ0v) is 56.6. The summed E-state index contributed by atoms with van der Waals surface area (Å²) in [6, 6.07) is -3.88. The van der Waals surface area contributed by atoms with Gasteiger partial charge in [0.25, 0.3) is 0 Å². The normalized spacial score (nSPS) is 36.9. The number of aliphatic hydroxyl groups is 10. The van der Waals surface area contributed by atoms with Crippen LogP contribution < -0.4 is 33.2 Å². The van der Waals surface area contributed by atoms with Crippen LogP contribution in [0.25, 0.3) is 0 Å². The first-order valence-electron chi connectivity index (χ1n) is 33.2. The molecular weight excluding hydrogens is 1340 g/mol. The predicted octanol–water partition coefficient (Wildman–Crippen LogP) is -4.67. The fourth-order valence-electron chi connectivity index (χ4n) is 12.1. The molecule has 38 nitrogen and oxygen atoms in total. The Morgan fingerprint density at radius 3 is 1.60 bits per heavy atom. The molecule has 0 saturated carbocycles. The van der Waals surface area contributed by atoms with Crippen LogP contribution in [0.5, 0.6) is 0 Å². The lowest BCUT2D eigenvalue weighted by Crippen LogP contribution is -2.72. The van der Waals surface area contributed by atoms with Crippen molar-refractivity contribution in [3.05, 3.63) is 0 Å². The van der Waals surface area contributed by atoms with E-state index in [1.54, 1.807) is 0 Å². The van der Waals surface area contributed by atoms with Crippen molar-refractivity contribution in [3.8, 4) is 0 Å². The number of aliphatic carboxylic acids is 1. The van der Waals surface area contributed by atoms with Gasteiger partial charge in [-0.25, -0.2) is 14.2 Å². The first kappa shape index (κ1) is 84.5. The summed E-state index contributed by atoms with van der Waals surface area (Å²) in [6.45, 7) is 3.54. The number of primary amides is 3. The van der Waals surface area contributed by atoms with E-state index in [1.807, 2.05) is 0 Å². The third-order valence-electron chi connectivity index (χ3n) is 17.4. The Hall–Kier alpha value is -4.11. The van der Waals surface area contributed by atoms with Crippen LogP contribution in [0.4, 0.5) is 4.79 Å². The van der Waals surface area contributed by atoms with Crippen molar-refractivity contribution in [3.63, 3.8) is 0 Å². The van der Waals surface area contributed by atoms with E-state index in [0.717, 1.165) is 46.5 Å². The molecule has 0 radical (unpaired) electrons. The number of amides is 5. The van der Waals surface area contributed by atoms with Gasteiger partial charge in [0.15, 0.2) is 62.0 Å². The highest BCUT2D eigenvalue weighted by molar-refractivity contribution is 7.47. The summed E-state index contributed by atoms with van der Waals surface area (Å²) in [6.07, 6.45) is -30.0. The van der Waals surface area contributed by atoms with E-state index in [9.17, 15) is 94.4 Å². The molecule has 0 spiro atoms. The summed E-state index contributed by atoms with van der Waals surface area (Å²) in [5.41, 5.74) is 13.5. The summed E-state index contributed by atoms with van der Waals surface area (Å²) in [5, 5.41) is 128. The molecule has 0 aliphatic carbocycles. The number of aliphatic hydroxyl groups excluding tert-OH is 9. The second kappa shape index (κ2) is 40.7. The number of nitrogens with two attached hydrogens (primary N) is 3. The highest BCUT2D eigenvalue weighted by Crippen LogP contribution is 2.49. The number of hydrogen-bond donors (Lipinski definition) is 18. The highest BCUT2D eigenvalue weighted by atomic mass is 31.2. The Labute approximate surface area is 566 Å². The van der Waals surface area contributed by atoms with Gasteiger partial charge in [-0.3, -0.25) is 28.2 Å². The molecule has 21 N–H and O–H groups in total. The van der Waals surface area contributed by atoms with Gasteiger partial charge in [-0.2, -0.15) is 0 Å². The lowest BCUT2D eigenvalue weighted by molar-refractivity contribution is -0.375. The molecule has 98 heavy (non-hydrogen) atoms. The summed E-state index contributed by atoms with van der Waals surface area (Å²) in [7, 11) is -5.78. The van der Waals surface area contributed by atoms with Crippen molar-refractivity contribution in [2.24, 2.45) is 17.2 Å². The summed E-state index contributed by atoms with van der Waals surface area (Å²) >= 11 is 0. The maximum atomic E-state index is 13.9. The first-order valence-corrected chi connectivity index (χ1v) is 34.7. The smallest absolute Gasteiger partial charge is 0.474 e. The number of ether oxygens (including phenoxy) is 11. The number of nitrogens with one attached hydrogen (secondary N) is 3. The molecular formula is C59H105N6O32P. The van der Waals surface area contributed by atoms with Crippen LogP contribution in [0.1, 0.15) is 137 Å². The van der Waals surface area contributed by atoms with Crippen LogP contribution in [0.3, 0.4) is 0 Å². The van der Waals surface area contributed by atoms with Crippen LogP contribution in [0.2, 0.25) is 0 Å². The molecule has 5 aliphatic heterocycles. The lowest BCUT2D eigenvalue weighted by Gasteiger charge is -2.52. The third kappa shape index (κ3) is 24.5. The molecule has 5 rings (SSSR count). The van der Waals surface area contributed by atoms with Crippen molar-refractivity contribution >= 4 is 43.5 Å². The number of phosphoric acid groups is 1. The number of phosphoric ester groups is 1. The number of carbonyl (C=O) groups is 6. The van der Waals surface area contributed by atoms with Crippen LogP contribution >= 0.6 is 7.82 Å². The fraction of sp³-hybridized carbons (Fsp3) is 0.898. The van der Waals surface area contributed by atoms with Crippen molar-refractivity contribution in [2.45, 2.75) is 296 Å². The van der Waals surface area contributed by atoms with E-state index in [0.29, 0.717) is 6.54 Å². The lowest BCUT2D eigenvalue weighted by atomic mass is 9.85. The molecule has 1 unspecified atom stereocenters. The topological polar surface area (TPSA) is 596 Å².